The highest BCUT2D eigenvalue weighted by atomic mass is 16.5. The zero-order valence-electron chi connectivity index (χ0n) is 15.2. The summed E-state index contributed by atoms with van der Waals surface area (Å²) in [5.41, 5.74) is 1.07. The Morgan fingerprint density at radius 2 is 1.79 bits per heavy atom. The molecule has 2 aromatic carbocycles. The fraction of sp³-hybridized carbons (Fsp3) is 0.143. The van der Waals surface area contributed by atoms with Crippen molar-refractivity contribution in [3.05, 3.63) is 78.3 Å². The summed E-state index contributed by atoms with van der Waals surface area (Å²) in [6.45, 7) is -0.309. The van der Waals surface area contributed by atoms with Crippen LogP contribution in [-0.2, 0) is 16.1 Å². The highest BCUT2D eigenvalue weighted by molar-refractivity contribution is 5.95. The number of esters is 1. The van der Waals surface area contributed by atoms with Crippen LogP contribution in [0.25, 0.3) is 0 Å². The zero-order valence-corrected chi connectivity index (χ0v) is 15.2. The molecule has 1 N–H and O–H groups in total. The van der Waals surface area contributed by atoms with E-state index in [1.54, 1.807) is 42.5 Å². The average Bonchev–Trinajstić information content (AvgIpc) is 3.20. The lowest BCUT2D eigenvalue weighted by atomic mass is 10.2. The van der Waals surface area contributed by atoms with Crippen LogP contribution in [0.3, 0.4) is 0 Å². The number of furan rings is 1. The molecule has 0 bridgehead atoms. The zero-order chi connectivity index (χ0) is 19.8. The van der Waals surface area contributed by atoms with Gasteiger partial charge in [0.25, 0.3) is 5.91 Å². The van der Waals surface area contributed by atoms with Gasteiger partial charge < -0.3 is 23.9 Å². The number of hydrogen-bond acceptors (Lipinski definition) is 6. The van der Waals surface area contributed by atoms with Crippen molar-refractivity contribution in [3.8, 4) is 11.5 Å². The SMILES string of the molecule is COc1cccc(NC(=O)COC(=O)c2occc2COc2ccccc2)c1. The van der Waals surface area contributed by atoms with Crippen LogP contribution in [0.2, 0.25) is 0 Å². The quantitative estimate of drug-likeness (QED) is 0.599. The molecule has 1 aromatic heterocycles. The molecule has 1 amide bonds. The smallest absolute Gasteiger partial charge is 0.375 e. The fourth-order valence-electron chi connectivity index (χ4n) is 2.40. The lowest BCUT2D eigenvalue weighted by molar-refractivity contribution is -0.119. The maximum atomic E-state index is 12.2. The minimum absolute atomic E-state index is 0.00473. The maximum absolute atomic E-state index is 12.2. The van der Waals surface area contributed by atoms with Gasteiger partial charge in [-0.15, -0.1) is 0 Å². The van der Waals surface area contributed by atoms with Gasteiger partial charge in [-0.2, -0.15) is 0 Å². The maximum Gasteiger partial charge on any atom is 0.375 e. The molecule has 0 saturated heterocycles. The monoisotopic (exact) mass is 381 g/mol. The Morgan fingerprint density at radius 1 is 1.00 bits per heavy atom. The van der Waals surface area contributed by atoms with E-state index >= 15 is 0 Å². The summed E-state index contributed by atoms with van der Waals surface area (Å²) in [6.07, 6.45) is 1.37. The number of rotatable bonds is 8. The number of amides is 1. The van der Waals surface area contributed by atoms with Crippen molar-refractivity contribution < 1.29 is 28.2 Å². The minimum Gasteiger partial charge on any atom is -0.497 e. The topological polar surface area (TPSA) is 87.0 Å². The van der Waals surface area contributed by atoms with E-state index in [-0.39, 0.29) is 12.4 Å². The first-order chi connectivity index (χ1) is 13.7. The van der Waals surface area contributed by atoms with Crippen molar-refractivity contribution in [1.29, 1.82) is 0 Å². The van der Waals surface area contributed by atoms with Crippen LogP contribution in [-0.4, -0.2) is 25.6 Å². The standard InChI is InChI=1S/C21H19NO6/c1-25-18-9-5-6-16(12-18)22-19(23)14-28-21(24)20-15(10-11-26-20)13-27-17-7-3-2-4-8-17/h2-12H,13-14H2,1H3,(H,22,23). The Bertz CT molecular complexity index is 935. The van der Waals surface area contributed by atoms with Gasteiger partial charge in [0.1, 0.15) is 18.1 Å². The average molecular weight is 381 g/mol. The predicted molar refractivity (Wildman–Crippen MR) is 101 cm³/mol. The molecule has 7 nitrogen and oxygen atoms in total. The number of hydrogen-bond donors (Lipinski definition) is 1. The molecular formula is C21H19NO6. The van der Waals surface area contributed by atoms with E-state index in [0.29, 0.717) is 22.7 Å². The first-order valence-electron chi connectivity index (χ1n) is 8.51. The number of methoxy groups -OCH3 is 1. The van der Waals surface area contributed by atoms with Crippen LogP contribution in [0.4, 0.5) is 5.69 Å². The van der Waals surface area contributed by atoms with Gasteiger partial charge in [0, 0.05) is 17.3 Å². The second-order valence-electron chi connectivity index (χ2n) is 5.73. The number of anilines is 1. The minimum atomic E-state index is -0.738. The Morgan fingerprint density at radius 3 is 2.57 bits per heavy atom. The molecule has 0 radical (unpaired) electrons. The van der Waals surface area contributed by atoms with E-state index in [9.17, 15) is 9.59 Å². The first-order valence-corrected chi connectivity index (χ1v) is 8.51. The van der Waals surface area contributed by atoms with E-state index in [4.69, 9.17) is 18.6 Å². The molecule has 144 valence electrons. The van der Waals surface area contributed by atoms with Gasteiger partial charge in [-0.25, -0.2) is 4.79 Å². The summed E-state index contributed by atoms with van der Waals surface area (Å²) in [5.74, 6) is 0.0620. The molecule has 0 unspecified atom stereocenters. The second kappa shape index (κ2) is 9.27. The van der Waals surface area contributed by atoms with Crippen LogP contribution in [0.1, 0.15) is 16.1 Å². The van der Waals surface area contributed by atoms with Gasteiger partial charge in [-0.05, 0) is 30.3 Å². The highest BCUT2D eigenvalue weighted by Crippen LogP contribution is 2.18. The fourth-order valence-corrected chi connectivity index (χ4v) is 2.40. The number of para-hydroxylation sites is 1. The summed E-state index contributed by atoms with van der Waals surface area (Å²) in [4.78, 5) is 24.2. The van der Waals surface area contributed by atoms with Crippen LogP contribution in [0.15, 0.2) is 71.3 Å². The normalized spacial score (nSPS) is 10.2. The van der Waals surface area contributed by atoms with Gasteiger partial charge in [-0.3, -0.25) is 4.79 Å². The van der Waals surface area contributed by atoms with Gasteiger partial charge in [0.05, 0.1) is 13.4 Å². The first kappa shape index (κ1) is 19.0. The van der Waals surface area contributed by atoms with E-state index in [2.05, 4.69) is 5.32 Å². The van der Waals surface area contributed by atoms with Crippen LogP contribution >= 0.6 is 0 Å². The van der Waals surface area contributed by atoms with Gasteiger partial charge in [0.2, 0.25) is 5.76 Å². The van der Waals surface area contributed by atoms with Crippen molar-refractivity contribution in [2.75, 3.05) is 19.0 Å². The number of carbonyl (C=O) groups excluding carboxylic acids is 2. The van der Waals surface area contributed by atoms with Gasteiger partial charge in [-0.1, -0.05) is 24.3 Å². The Kier molecular flexibility index (Phi) is 6.30. The third-order valence-electron chi connectivity index (χ3n) is 3.76. The Hall–Kier alpha value is -3.74. The van der Waals surface area contributed by atoms with Crippen molar-refractivity contribution in [2.24, 2.45) is 0 Å². The third kappa shape index (κ3) is 5.14. The molecule has 0 aliphatic heterocycles. The Balaban J connectivity index is 1.52. The lowest BCUT2D eigenvalue weighted by Crippen LogP contribution is -2.21. The summed E-state index contributed by atoms with van der Waals surface area (Å²) >= 11 is 0. The molecule has 7 heteroatoms. The van der Waals surface area contributed by atoms with Gasteiger partial charge in [0.15, 0.2) is 6.61 Å². The Labute approximate surface area is 161 Å². The molecule has 0 atom stereocenters. The number of ether oxygens (including phenoxy) is 3. The van der Waals surface area contributed by atoms with Crippen LogP contribution in [0.5, 0.6) is 11.5 Å². The van der Waals surface area contributed by atoms with Crippen molar-refractivity contribution in [1.82, 2.24) is 0 Å². The molecule has 0 aliphatic rings. The number of nitrogens with one attached hydrogen (secondary N) is 1. The molecule has 3 rings (SSSR count). The summed E-state index contributed by atoms with van der Waals surface area (Å²) in [7, 11) is 1.53. The van der Waals surface area contributed by atoms with Gasteiger partial charge >= 0.3 is 5.97 Å². The predicted octanol–water partition coefficient (Wildman–Crippen LogP) is 3.66. The molecule has 3 aromatic rings. The van der Waals surface area contributed by atoms with Crippen LogP contribution < -0.4 is 14.8 Å². The van der Waals surface area contributed by atoms with Crippen molar-refractivity contribution in [2.45, 2.75) is 6.61 Å². The lowest BCUT2D eigenvalue weighted by Gasteiger charge is -2.08. The number of benzene rings is 2. The molecular weight excluding hydrogens is 362 g/mol. The van der Waals surface area contributed by atoms with E-state index in [1.807, 2.05) is 18.2 Å². The summed E-state index contributed by atoms with van der Waals surface area (Å²) < 4.78 is 20.9. The largest absolute Gasteiger partial charge is 0.497 e. The van der Waals surface area contributed by atoms with E-state index in [1.165, 1.54) is 13.4 Å². The second-order valence-corrected chi connectivity index (χ2v) is 5.73. The summed E-state index contributed by atoms with van der Waals surface area (Å²) in [6, 6.07) is 17.7. The van der Waals surface area contributed by atoms with Crippen molar-refractivity contribution >= 4 is 17.6 Å². The summed E-state index contributed by atoms with van der Waals surface area (Å²) in [5, 5.41) is 2.63. The number of carbonyl (C=O) groups is 2. The molecule has 1 heterocycles. The molecule has 0 aliphatic carbocycles. The van der Waals surface area contributed by atoms with E-state index in [0.717, 1.165) is 0 Å². The van der Waals surface area contributed by atoms with Crippen molar-refractivity contribution in [3.63, 3.8) is 0 Å². The molecule has 0 spiro atoms. The molecule has 0 saturated carbocycles. The third-order valence-corrected chi connectivity index (χ3v) is 3.76. The van der Waals surface area contributed by atoms with Crippen LogP contribution in [0, 0.1) is 0 Å². The van der Waals surface area contributed by atoms with E-state index < -0.39 is 18.5 Å². The molecule has 0 fully saturated rings. The molecule has 28 heavy (non-hydrogen) atoms. The highest BCUT2D eigenvalue weighted by Gasteiger charge is 2.19.